The van der Waals surface area contributed by atoms with Gasteiger partial charge in [-0.1, -0.05) is 66.7 Å². The Morgan fingerprint density at radius 2 is 1.44 bits per heavy atom. The third kappa shape index (κ3) is 4.61. The van der Waals surface area contributed by atoms with E-state index in [2.05, 4.69) is 4.99 Å². The van der Waals surface area contributed by atoms with E-state index in [9.17, 15) is 4.79 Å². The highest BCUT2D eigenvalue weighted by Crippen LogP contribution is 2.23. The molecule has 0 aliphatic heterocycles. The lowest BCUT2D eigenvalue weighted by Gasteiger charge is -2.10. The molecule has 4 heteroatoms. The maximum Gasteiger partial charge on any atom is 0.335 e. The van der Waals surface area contributed by atoms with Gasteiger partial charge >= 0.3 is 5.97 Å². The van der Waals surface area contributed by atoms with E-state index >= 15 is 0 Å². The number of hydrogen-bond acceptors (Lipinski definition) is 4. The third-order valence-corrected chi connectivity index (χ3v) is 4.25. The van der Waals surface area contributed by atoms with Crippen LogP contribution in [0.1, 0.15) is 17.2 Å². The van der Waals surface area contributed by atoms with Gasteiger partial charge in [0.15, 0.2) is 6.04 Å². The number of carbonyl (C=O) groups is 1. The molecule has 0 saturated heterocycles. The Morgan fingerprint density at radius 1 is 0.852 bits per heavy atom. The van der Waals surface area contributed by atoms with E-state index in [1.807, 2.05) is 78.9 Å². The standard InChI is InChI=1S/C23H21NO3/c1-26-21-14-12-19(13-15-21)18-10-8-17(9-11-18)16-24-22(23(25)27-2)20-6-4-3-5-7-20/h3-16,22H,1-2H3/t22-/m1/s1. The predicted molar refractivity (Wildman–Crippen MR) is 107 cm³/mol. The SMILES string of the molecule is COC(=O)[C@H](N=Cc1ccc(-c2ccc(OC)cc2)cc1)c1ccccc1. The summed E-state index contributed by atoms with van der Waals surface area (Å²) in [6.07, 6.45) is 1.70. The van der Waals surface area contributed by atoms with Crippen LogP contribution in [0.25, 0.3) is 11.1 Å². The first kappa shape index (κ1) is 18.4. The predicted octanol–water partition coefficient (Wildman–Crippen LogP) is 4.70. The van der Waals surface area contributed by atoms with E-state index in [1.54, 1.807) is 13.3 Å². The highest BCUT2D eigenvalue weighted by molar-refractivity contribution is 5.85. The number of benzene rings is 3. The maximum absolute atomic E-state index is 12.1. The van der Waals surface area contributed by atoms with Crippen molar-refractivity contribution in [3.63, 3.8) is 0 Å². The number of nitrogens with zero attached hydrogens (tertiary/aromatic N) is 1. The van der Waals surface area contributed by atoms with Gasteiger partial charge < -0.3 is 9.47 Å². The molecule has 3 rings (SSSR count). The highest BCUT2D eigenvalue weighted by Gasteiger charge is 2.19. The molecule has 0 saturated carbocycles. The Kier molecular flexibility index (Phi) is 6.00. The van der Waals surface area contributed by atoms with Crippen LogP contribution < -0.4 is 4.74 Å². The first-order valence-electron chi connectivity index (χ1n) is 8.61. The van der Waals surface area contributed by atoms with Crippen LogP contribution in [-0.4, -0.2) is 26.4 Å². The van der Waals surface area contributed by atoms with Crippen molar-refractivity contribution in [3.8, 4) is 16.9 Å². The zero-order valence-electron chi connectivity index (χ0n) is 15.3. The van der Waals surface area contributed by atoms with Crippen LogP contribution in [0.4, 0.5) is 0 Å². The van der Waals surface area contributed by atoms with Crippen LogP contribution in [0.3, 0.4) is 0 Å². The summed E-state index contributed by atoms with van der Waals surface area (Å²) in [6, 6.07) is 24.6. The lowest BCUT2D eigenvalue weighted by atomic mass is 10.0. The van der Waals surface area contributed by atoms with Gasteiger partial charge in [0.05, 0.1) is 14.2 Å². The molecule has 0 N–H and O–H groups in total. The first-order chi connectivity index (χ1) is 13.2. The Bertz CT molecular complexity index is 901. The summed E-state index contributed by atoms with van der Waals surface area (Å²) in [4.78, 5) is 16.5. The molecular weight excluding hydrogens is 338 g/mol. The van der Waals surface area contributed by atoms with Crippen molar-refractivity contribution >= 4 is 12.2 Å². The Labute approximate surface area is 159 Å². The minimum Gasteiger partial charge on any atom is -0.497 e. The lowest BCUT2D eigenvalue weighted by Crippen LogP contribution is -2.12. The average molecular weight is 359 g/mol. The minimum atomic E-state index is -0.669. The monoisotopic (exact) mass is 359 g/mol. The summed E-state index contributed by atoms with van der Waals surface area (Å²) in [7, 11) is 3.03. The van der Waals surface area contributed by atoms with Crippen molar-refractivity contribution in [2.45, 2.75) is 6.04 Å². The van der Waals surface area contributed by atoms with Crippen LogP contribution >= 0.6 is 0 Å². The molecule has 0 radical (unpaired) electrons. The highest BCUT2D eigenvalue weighted by atomic mass is 16.5. The molecule has 136 valence electrons. The van der Waals surface area contributed by atoms with Gasteiger partial charge in [0, 0.05) is 6.21 Å². The smallest absolute Gasteiger partial charge is 0.335 e. The van der Waals surface area contributed by atoms with Crippen LogP contribution in [0, 0.1) is 0 Å². The number of methoxy groups -OCH3 is 2. The zero-order chi connectivity index (χ0) is 19.1. The second-order valence-electron chi connectivity index (χ2n) is 5.97. The molecule has 0 spiro atoms. The topological polar surface area (TPSA) is 47.9 Å². The van der Waals surface area contributed by atoms with E-state index < -0.39 is 6.04 Å². The molecule has 27 heavy (non-hydrogen) atoms. The van der Waals surface area contributed by atoms with Gasteiger partial charge in [-0.25, -0.2) is 4.79 Å². The van der Waals surface area contributed by atoms with Crippen molar-refractivity contribution < 1.29 is 14.3 Å². The zero-order valence-corrected chi connectivity index (χ0v) is 15.3. The number of carbonyl (C=O) groups excluding carboxylic acids is 1. The maximum atomic E-state index is 12.1. The van der Waals surface area contributed by atoms with Gasteiger partial charge in [0.1, 0.15) is 5.75 Å². The van der Waals surface area contributed by atoms with E-state index in [-0.39, 0.29) is 5.97 Å². The van der Waals surface area contributed by atoms with E-state index in [1.165, 1.54) is 7.11 Å². The lowest BCUT2D eigenvalue weighted by molar-refractivity contribution is -0.142. The molecule has 1 atom stereocenters. The Balaban J connectivity index is 1.78. The van der Waals surface area contributed by atoms with Crippen molar-refractivity contribution in [3.05, 3.63) is 90.0 Å². The Morgan fingerprint density at radius 3 is 2.00 bits per heavy atom. The summed E-state index contributed by atoms with van der Waals surface area (Å²) >= 11 is 0. The third-order valence-electron chi connectivity index (χ3n) is 4.25. The molecule has 0 amide bonds. The van der Waals surface area contributed by atoms with Gasteiger partial charge in [0.25, 0.3) is 0 Å². The summed E-state index contributed by atoms with van der Waals surface area (Å²) in [5.74, 6) is 0.449. The van der Waals surface area contributed by atoms with Gasteiger partial charge in [-0.2, -0.15) is 0 Å². The van der Waals surface area contributed by atoms with E-state index in [4.69, 9.17) is 9.47 Å². The number of rotatable bonds is 6. The quantitative estimate of drug-likeness (QED) is 0.474. The van der Waals surface area contributed by atoms with Gasteiger partial charge in [0.2, 0.25) is 0 Å². The fourth-order valence-corrected chi connectivity index (χ4v) is 2.74. The molecule has 0 aromatic heterocycles. The van der Waals surface area contributed by atoms with Crippen molar-refractivity contribution in [2.24, 2.45) is 4.99 Å². The summed E-state index contributed by atoms with van der Waals surface area (Å²) in [5, 5.41) is 0. The fraction of sp³-hybridized carbons (Fsp3) is 0.130. The molecule has 0 aliphatic rings. The second-order valence-corrected chi connectivity index (χ2v) is 5.97. The van der Waals surface area contributed by atoms with Crippen LogP contribution in [-0.2, 0) is 9.53 Å². The van der Waals surface area contributed by atoms with E-state index in [0.29, 0.717) is 0 Å². The van der Waals surface area contributed by atoms with Crippen LogP contribution in [0.5, 0.6) is 5.75 Å². The minimum absolute atomic E-state index is 0.382. The normalized spacial score (nSPS) is 11.9. The first-order valence-corrected chi connectivity index (χ1v) is 8.61. The van der Waals surface area contributed by atoms with Gasteiger partial charge in [-0.3, -0.25) is 4.99 Å². The van der Waals surface area contributed by atoms with E-state index in [0.717, 1.165) is 28.0 Å². The second kappa shape index (κ2) is 8.81. The molecule has 0 unspecified atom stereocenters. The summed E-state index contributed by atoms with van der Waals surface area (Å²) < 4.78 is 10.1. The molecule has 0 fully saturated rings. The fourth-order valence-electron chi connectivity index (χ4n) is 2.74. The molecule has 3 aromatic carbocycles. The van der Waals surface area contributed by atoms with Crippen LogP contribution in [0.15, 0.2) is 83.9 Å². The molecule has 4 nitrogen and oxygen atoms in total. The Hall–Kier alpha value is -3.40. The number of aliphatic imine (C=N–C) groups is 1. The van der Waals surface area contributed by atoms with Crippen molar-refractivity contribution in [2.75, 3.05) is 14.2 Å². The molecule has 0 heterocycles. The van der Waals surface area contributed by atoms with Crippen molar-refractivity contribution in [1.82, 2.24) is 0 Å². The summed E-state index contributed by atoms with van der Waals surface area (Å²) in [5.41, 5.74) is 3.92. The number of esters is 1. The molecule has 3 aromatic rings. The number of hydrogen-bond donors (Lipinski definition) is 0. The van der Waals surface area contributed by atoms with Gasteiger partial charge in [-0.05, 0) is 34.4 Å². The molecule has 0 bridgehead atoms. The number of ether oxygens (including phenoxy) is 2. The molecular formula is C23H21NO3. The van der Waals surface area contributed by atoms with Crippen molar-refractivity contribution in [1.29, 1.82) is 0 Å². The van der Waals surface area contributed by atoms with Crippen LogP contribution in [0.2, 0.25) is 0 Å². The molecule has 0 aliphatic carbocycles. The largest absolute Gasteiger partial charge is 0.497 e. The average Bonchev–Trinajstić information content (AvgIpc) is 2.75. The van der Waals surface area contributed by atoms with Gasteiger partial charge in [-0.15, -0.1) is 0 Å². The summed E-state index contributed by atoms with van der Waals surface area (Å²) in [6.45, 7) is 0.